The summed E-state index contributed by atoms with van der Waals surface area (Å²) in [5, 5.41) is 0. The van der Waals surface area contributed by atoms with Crippen molar-refractivity contribution in [2.75, 3.05) is 18.8 Å². The molecule has 1 fully saturated rings. The highest BCUT2D eigenvalue weighted by Crippen LogP contribution is 2.31. The summed E-state index contributed by atoms with van der Waals surface area (Å²) in [5.74, 6) is -0.399. The van der Waals surface area contributed by atoms with E-state index in [4.69, 9.17) is 5.73 Å². The number of hydrogen-bond acceptors (Lipinski definition) is 3. The second-order valence-corrected chi connectivity index (χ2v) is 7.83. The van der Waals surface area contributed by atoms with Gasteiger partial charge in [-0.25, -0.2) is 12.8 Å². The maximum absolute atomic E-state index is 14.1. The van der Waals surface area contributed by atoms with Crippen molar-refractivity contribution < 1.29 is 12.8 Å². The molecule has 0 amide bonds. The van der Waals surface area contributed by atoms with Gasteiger partial charge in [0.15, 0.2) is 5.82 Å². The van der Waals surface area contributed by atoms with E-state index in [1.54, 1.807) is 6.92 Å². The van der Waals surface area contributed by atoms with Gasteiger partial charge in [0.05, 0.1) is 4.47 Å². The fourth-order valence-electron chi connectivity index (χ4n) is 2.27. The molecular formula is C13H18BrFN2O2S. The molecule has 0 radical (unpaired) electrons. The number of benzene rings is 1. The summed E-state index contributed by atoms with van der Waals surface area (Å²) in [7, 11) is -3.85. The summed E-state index contributed by atoms with van der Waals surface area (Å²) in [6.07, 6.45) is 3.21. The molecule has 0 bridgehead atoms. The molecule has 1 saturated carbocycles. The Bertz CT molecular complexity index is 603. The Hall–Kier alpha value is -0.660. The van der Waals surface area contributed by atoms with E-state index in [0.29, 0.717) is 19.0 Å². The van der Waals surface area contributed by atoms with Crippen molar-refractivity contribution in [2.24, 2.45) is 5.92 Å². The van der Waals surface area contributed by atoms with Crippen molar-refractivity contribution in [2.45, 2.75) is 31.1 Å². The van der Waals surface area contributed by atoms with E-state index in [0.717, 1.165) is 19.3 Å². The minimum absolute atomic E-state index is 0.0655. The zero-order chi connectivity index (χ0) is 14.9. The van der Waals surface area contributed by atoms with Crippen LogP contribution in [-0.2, 0) is 10.0 Å². The largest absolute Gasteiger partial charge is 0.399 e. The van der Waals surface area contributed by atoms with Gasteiger partial charge in [0, 0.05) is 18.8 Å². The second kappa shape index (κ2) is 5.99. The molecule has 0 heterocycles. The van der Waals surface area contributed by atoms with Crippen LogP contribution in [0.1, 0.15) is 26.2 Å². The molecule has 0 atom stereocenters. The topological polar surface area (TPSA) is 63.4 Å². The van der Waals surface area contributed by atoms with Crippen LogP contribution >= 0.6 is 15.9 Å². The first kappa shape index (κ1) is 15.7. The predicted molar refractivity (Wildman–Crippen MR) is 80.3 cm³/mol. The van der Waals surface area contributed by atoms with Crippen LogP contribution in [0.25, 0.3) is 0 Å². The molecule has 112 valence electrons. The zero-order valence-electron chi connectivity index (χ0n) is 11.3. The van der Waals surface area contributed by atoms with Gasteiger partial charge in [0.1, 0.15) is 4.90 Å². The maximum atomic E-state index is 14.1. The van der Waals surface area contributed by atoms with Crippen molar-refractivity contribution in [3.63, 3.8) is 0 Å². The molecule has 2 rings (SSSR count). The van der Waals surface area contributed by atoms with Gasteiger partial charge in [-0.05, 0) is 46.8 Å². The van der Waals surface area contributed by atoms with Gasteiger partial charge in [-0.3, -0.25) is 0 Å². The Labute approximate surface area is 127 Å². The summed E-state index contributed by atoms with van der Waals surface area (Å²) in [5.41, 5.74) is 5.84. The first-order valence-electron chi connectivity index (χ1n) is 6.61. The third-order valence-electron chi connectivity index (χ3n) is 3.67. The van der Waals surface area contributed by atoms with Crippen LogP contribution < -0.4 is 5.73 Å². The van der Waals surface area contributed by atoms with Crippen LogP contribution in [-0.4, -0.2) is 25.8 Å². The van der Waals surface area contributed by atoms with Crippen LogP contribution in [0, 0.1) is 11.7 Å². The average molecular weight is 365 g/mol. The number of halogens is 2. The van der Waals surface area contributed by atoms with Crippen molar-refractivity contribution in [1.82, 2.24) is 4.31 Å². The highest BCUT2D eigenvalue weighted by atomic mass is 79.9. The van der Waals surface area contributed by atoms with Gasteiger partial charge in [0.2, 0.25) is 10.0 Å². The molecule has 4 nitrogen and oxygen atoms in total. The lowest BCUT2D eigenvalue weighted by molar-refractivity contribution is 0.249. The smallest absolute Gasteiger partial charge is 0.246 e. The van der Waals surface area contributed by atoms with Gasteiger partial charge in [0.25, 0.3) is 0 Å². The molecule has 0 saturated heterocycles. The van der Waals surface area contributed by atoms with Crippen LogP contribution in [0.4, 0.5) is 10.1 Å². The molecule has 20 heavy (non-hydrogen) atoms. The van der Waals surface area contributed by atoms with Crippen molar-refractivity contribution >= 4 is 31.6 Å². The highest BCUT2D eigenvalue weighted by molar-refractivity contribution is 9.10. The summed E-state index contributed by atoms with van der Waals surface area (Å²) in [6.45, 7) is 2.53. The minimum atomic E-state index is -3.85. The van der Waals surface area contributed by atoms with E-state index in [1.807, 2.05) is 0 Å². The van der Waals surface area contributed by atoms with Crippen LogP contribution in [0.5, 0.6) is 0 Å². The second-order valence-electron chi connectivity index (χ2n) is 5.07. The van der Waals surface area contributed by atoms with E-state index >= 15 is 0 Å². The lowest BCUT2D eigenvalue weighted by Gasteiger charge is -2.31. The van der Waals surface area contributed by atoms with Gasteiger partial charge in [-0.1, -0.05) is 13.3 Å². The van der Waals surface area contributed by atoms with E-state index < -0.39 is 15.8 Å². The molecule has 2 N–H and O–H groups in total. The molecule has 0 spiro atoms. The van der Waals surface area contributed by atoms with Gasteiger partial charge < -0.3 is 5.73 Å². The first-order valence-corrected chi connectivity index (χ1v) is 8.84. The van der Waals surface area contributed by atoms with Gasteiger partial charge in [-0.15, -0.1) is 0 Å². The number of nitrogens with two attached hydrogens (primary N) is 1. The molecular weight excluding hydrogens is 347 g/mol. The van der Waals surface area contributed by atoms with Crippen LogP contribution in [0.3, 0.4) is 0 Å². The highest BCUT2D eigenvalue weighted by Gasteiger charge is 2.31. The summed E-state index contributed by atoms with van der Waals surface area (Å²) in [6, 6.07) is 2.54. The fraction of sp³-hybridized carbons (Fsp3) is 0.538. The van der Waals surface area contributed by atoms with E-state index in [9.17, 15) is 12.8 Å². The molecule has 7 heteroatoms. The van der Waals surface area contributed by atoms with E-state index in [2.05, 4.69) is 15.9 Å². The van der Waals surface area contributed by atoms with Crippen molar-refractivity contribution in [1.29, 1.82) is 0 Å². The Morgan fingerprint density at radius 3 is 2.60 bits per heavy atom. The molecule has 0 aliphatic heterocycles. The molecule has 1 aromatic carbocycles. The Morgan fingerprint density at radius 1 is 1.45 bits per heavy atom. The summed E-state index contributed by atoms with van der Waals surface area (Å²) < 4.78 is 40.6. The quantitative estimate of drug-likeness (QED) is 0.816. The number of sulfonamides is 1. The Balaban J connectivity index is 2.37. The fourth-order valence-corrected chi connectivity index (χ4v) is 4.53. The Kier molecular flexibility index (Phi) is 4.71. The number of hydrogen-bond donors (Lipinski definition) is 1. The first-order chi connectivity index (χ1) is 9.36. The number of nitrogen functional groups attached to an aromatic ring is 1. The molecule has 1 aliphatic rings. The normalized spacial score (nSPS) is 16.4. The molecule has 1 aromatic rings. The predicted octanol–water partition coefficient (Wildman–Crippen LogP) is 2.98. The lowest BCUT2D eigenvalue weighted by atomic mass is 9.85. The molecule has 0 aromatic heterocycles. The molecule has 1 aliphatic carbocycles. The number of anilines is 1. The van der Waals surface area contributed by atoms with Gasteiger partial charge >= 0.3 is 0 Å². The van der Waals surface area contributed by atoms with Crippen LogP contribution in [0.2, 0.25) is 0 Å². The van der Waals surface area contributed by atoms with E-state index in [-0.39, 0.29) is 15.1 Å². The molecule has 0 unspecified atom stereocenters. The third-order valence-corrected chi connectivity index (χ3v) is 6.19. The zero-order valence-corrected chi connectivity index (χ0v) is 13.7. The monoisotopic (exact) mass is 364 g/mol. The lowest BCUT2D eigenvalue weighted by Crippen LogP contribution is -2.37. The standard InChI is InChI=1S/C13H18BrFN2O2S/c1-2-17(8-9-4-3-5-9)20(18,19)12-7-10(16)6-11(14)13(12)15/h6-7,9H,2-5,8,16H2,1H3. The third kappa shape index (κ3) is 2.99. The van der Waals surface area contributed by atoms with Crippen molar-refractivity contribution in [3.05, 3.63) is 22.4 Å². The Morgan fingerprint density at radius 2 is 2.10 bits per heavy atom. The van der Waals surface area contributed by atoms with E-state index in [1.165, 1.54) is 16.4 Å². The SMILES string of the molecule is CCN(CC1CCC1)S(=O)(=O)c1cc(N)cc(Br)c1F. The maximum Gasteiger partial charge on any atom is 0.246 e. The van der Waals surface area contributed by atoms with Gasteiger partial charge in [-0.2, -0.15) is 4.31 Å². The van der Waals surface area contributed by atoms with Crippen LogP contribution in [0.15, 0.2) is 21.5 Å². The summed E-state index contributed by atoms with van der Waals surface area (Å²) in [4.78, 5) is -0.356. The average Bonchev–Trinajstić information content (AvgIpc) is 2.32. The number of rotatable bonds is 5. The van der Waals surface area contributed by atoms with Crippen molar-refractivity contribution in [3.8, 4) is 0 Å². The summed E-state index contributed by atoms with van der Waals surface area (Å²) >= 11 is 3.00. The number of nitrogens with zero attached hydrogens (tertiary/aromatic N) is 1. The minimum Gasteiger partial charge on any atom is -0.399 e.